The lowest BCUT2D eigenvalue weighted by Gasteiger charge is -2.12. The number of hydrogen-bond donors (Lipinski definition) is 3. The van der Waals surface area contributed by atoms with Crippen molar-refractivity contribution < 1.29 is 9.59 Å². The van der Waals surface area contributed by atoms with Gasteiger partial charge in [0.25, 0.3) is 0 Å². The molecule has 0 spiro atoms. The molecule has 4 N–H and O–H groups in total. The van der Waals surface area contributed by atoms with Gasteiger partial charge in [-0.25, -0.2) is 0 Å². The Kier molecular flexibility index (Phi) is 6.72. The van der Waals surface area contributed by atoms with Gasteiger partial charge in [-0.3, -0.25) is 9.59 Å². The number of amides is 2. The fraction of sp³-hybridized carbons (Fsp3) is 0.846. The van der Waals surface area contributed by atoms with Gasteiger partial charge >= 0.3 is 0 Å². The Morgan fingerprint density at radius 2 is 1.94 bits per heavy atom. The van der Waals surface area contributed by atoms with E-state index in [1.807, 2.05) is 6.92 Å². The maximum atomic E-state index is 11.5. The van der Waals surface area contributed by atoms with Crippen molar-refractivity contribution in [2.75, 3.05) is 13.1 Å². The Hall–Kier alpha value is -1.10. The molecular weight excluding hydrogens is 230 g/mol. The molecule has 1 rings (SSSR count). The van der Waals surface area contributed by atoms with Crippen LogP contribution in [0.1, 0.15) is 45.4 Å². The van der Waals surface area contributed by atoms with Crippen molar-refractivity contribution in [3.63, 3.8) is 0 Å². The third-order valence-corrected chi connectivity index (χ3v) is 3.46. The van der Waals surface area contributed by atoms with E-state index in [2.05, 4.69) is 10.6 Å². The zero-order valence-electron chi connectivity index (χ0n) is 11.2. The van der Waals surface area contributed by atoms with E-state index in [1.165, 1.54) is 25.7 Å². The summed E-state index contributed by atoms with van der Waals surface area (Å²) < 4.78 is 0. The minimum atomic E-state index is -0.179. The first-order valence-corrected chi connectivity index (χ1v) is 6.88. The Morgan fingerprint density at radius 3 is 2.56 bits per heavy atom. The number of carbonyl (C=O) groups excluding carboxylic acids is 2. The summed E-state index contributed by atoms with van der Waals surface area (Å²) in [5.74, 6) is 0.501. The van der Waals surface area contributed by atoms with Crippen LogP contribution < -0.4 is 16.4 Å². The summed E-state index contributed by atoms with van der Waals surface area (Å²) in [4.78, 5) is 22.9. The van der Waals surface area contributed by atoms with Gasteiger partial charge in [0.15, 0.2) is 0 Å². The normalized spacial score (nSPS) is 17.4. The summed E-state index contributed by atoms with van der Waals surface area (Å²) >= 11 is 0. The van der Waals surface area contributed by atoms with Crippen LogP contribution in [0, 0.1) is 5.92 Å². The van der Waals surface area contributed by atoms with Gasteiger partial charge in [-0.05, 0) is 19.3 Å². The number of carbonyl (C=O) groups is 2. The van der Waals surface area contributed by atoms with Gasteiger partial charge in [-0.1, -0.05) is 25.7 Å². The SMILES string of the molecule is C[C@@H](CN)NC(=O)CNC(=O)CCC1CCCC1. The van der Waals surface area contributed by atoms with Crippen molar-refractivity contribution in [2.24, 2.45) is 11.7 Å². The molecule has 0 bridgehead atoms. The highest BCUT2D eigenvalue weighted by atomic mass is 16.2. The predicted octanol–water partition coefficient (Wildman–Crippen LogP) is 0.536. The summed E-state index contributed by atoms with van der Waals surface area (Å²) in [6.45, 7) is 2.29. The van der Waals surface area contributed by atoms with E-state index in [-0.39, 0.29) is 24.4 Å². The van der Waals surface area contributed by atoms with Gasteiger partial charge in [0.1, 0.15) is 0 Å². The van der Waals surface area contributed by atoms with Crippen LogP contribution >= 0.6 is 0 Å². The zero-order chi connectivity index (χ0) is 13.4. The smallest absolute Gasteiger partial charge is 0.239 e. The standard InChI is InChI=1S/C13H25N3O2/c1-10(8-14)16-13(18)9-15-12(17)7-6-11-4-2-3-5-11/h10-11H,2-9,14H2,1H3,(H,15,17)(H,16,18)/t10-/m0/s1. The van der Waals surface area contributed by atoms with E-state index >= 15 is 0 Å². The zero-order valence-corrected chi connectivity index (χ0v) is 11.2. The fourth-order valence-corrected chi connectivity index (χ4v) is 2.29. The molecule has 2 amide bonds. The van der Waals surface area contributed by atoms with Crippen molar-refractivity contribution >= 4 is 11.8 Å². The van der Waals surface area contributed by atoms with Crippen molar-refractivity contribution in [1.82, 2.24) is 10.6 Å². The molecule has 1 aliphatic rings. The number of rotatable bonds is 7. The molecule has 18 heavy (non-hydrogen) atoms. The summed E-state index contributed by atoms with van der Waals surface area (Å²) in [6.07, 6.45) is 6.58. The molecule has 104 valence electrons. The Morgan fingerprint density at radius 1 is 1.28 bits per heavy atom. The summed E-state index contributed by atoms with van der Waals surface area (Å²) in [7, 11) is 0. The van der Waals surface area contributed by atoms with Crippen LogP contribution in [0.4, 0.5) is 0 Å². The molecule has 0 aromatic carbocycles. The summed E-state index contributed by atoms with van der Waals surface area (Å²) in [5.41, 5.74) is 5.39. The second kappa shape index (κ2) is 8.08. The lowest BCUT2D eigenvalue weighted by molar-refractivity contribution is -0.126. The monoisotopic (exact) mass is 255 g/mol. The molecule has 5 nitrogen and oxygen atoms in total. The average Bonchev–Trinajstić information content (AvgIpc) is 2.86. The maximum absolute atomic E-state index is 11.5. The molecule has 0 saturated heterocycles. The van der Waals surface area contributed by atoms with Gasteiger partial charge in [0.05, 0.1) is 6.54 Å². The number of hydrogen-bond acceptors (Lipinski definition) is 3. The van der Waals surface area contributed by atoms with Crippen LogP contribution in [-0.2, 0) is 9.59 Å². The minimum Gasteiger partial charge on any atom is -0.351 e. The van der Waals surface area contributed by atoms with Crippen LogP contribution in [0.3, 0.4) is 0 Å². The van der Waals surface area contributed by atoms with E-state index in [0.717, 1.165) is 6.42 Å². The number of nitrogens with two attached hydrogens (primary N) is 1. The fourth-order valence-electron chi connectivity index (χ4n) is 2.29. The molecule has 0 aromatic heterocycles. The summed E-state index contributed by atoms with van der Waals surface area (Å²) in [5, 5.41) is 5.35. The molecule has 0 aliphatic heterocycles. The van der Waals surface area contributed by atoms with Crippen LogP contribution in [0.5, 0.6) is 0 Å². The first kappa shape index (κ1) is 15.0. The minimum absolute atomic E-state index is 0.0301. The highest BCUT2D eigenvalue weighted by Gasteiger charge is 2.16. The number of nitrogens with one attached hydrogen (secondary N) is 2. The summed E-state index contributed by atoms with van der Waals surface area (Å²) in [6, 6.07) is -0.0482. The van der Waals surface area contributed by atoms with Crippen molar-refractivity contribution in [3.05, 3.63) is 0 Å². The molecule has 1 aliphatic carbocycles. The van der Waals surface area contributed by atoms with E-state index in [0.29, 0.717) is 18.9 Å². The van der Waals surface area contributed by atoms with Crippen molar-refractivity contribution in [3.8, 4) is 0 Å². The van der Waals surface area contributed by atoms with Crippen LogP contribution in [-0.4, -0.2) is 30.9 Å². The highest BCUT2D eigenvalue weighted by molar-refractivity contribution is 5.84. The van der Waals surface area contributed by atoms with E-state index in [9.17, 15) is 9.59 Å². The van der Waals surface area contributed by atoms with Gasteiger partial charge < -0.3 is 16.4 Å². The Bertz CT molecular complexity index is 275. The molecule has 5 heteroatoms. The molecule has 0 radical (unpaired) electrons. The topological polar surface area (TPSA) is 84.2 Å². The molecule has 1 atom stereocenters. The lowest BCUT2D eigenvalue weighted by Crippen LogP contribution is -2.43. The Labute approximate surface area is 109 Å². The highest BCUT2D eigenvalue weighted by Crippen LogP contribution is 2.28. The molecule has 1 saturated carbocycles. The molecule has 0 unspecified atom stereocenters. The van der Waals surface area contributed by atoms with Crippen molar-refractivity contribution in [1.29, 1.82) is 0 Å². The van der Waals surface area contributed by atoms with Crippen LogP contribution in [0.15, 0.2) is 0 Å². The molecule has 0 heterocycles. The molecular formula is C13H25N3O2. The quantitative estimate of drug-likeness (QED) is 0.620. The third-order valence-electron chi connectivity index (χ3n) is 3.46. The largest absolute Gasteiger partial charge is 0.351 e. The first-order chi connectivity index (χ1) is 8.61. The first-order valence-electron chi connectivity index (χ1n) is 6.88. The average molecular weight is 255 g/mol. The van der Waals surface area contributed by atoms with E-state index in [4.69, 9.17) is 5.73 Å². The third kappa shape index (κ3) is 6.00. The van der Waals surface area contributed by atoms with Crippen LogP contribution in [0.25, 0.3) is 0 Å². The van der Waals surface area contributed by atoms with Gasteiger partial charge in [0, 0.05) is 19.0 Å². The maximum Gasteiger partial charge on any atom is 0.239 e. The molecule has 0 aromatic rings. The second-order valence-corrected chi connectivity index (χ2v) is 5.17. The van der Waals surface area contributed by atoms with Gasteiger partial charge in [-0.15, -0.1) is 0 Å². The van der Waals surface area contributed by atoms with Crippen molar-refractivity contribution in [2.45, 2.75) is 51.5 Å². The second-order valence-electron chi connectivity index (χ2n) is 5.17. The predicted molar refractivity (Wildman–Crippen MR) is 70.9 cm³/mol. The van der Waals surface area contributed by atoms with E-state index in [1.54, 1.807) is 0 Å². The van der Waals surface area contributed by atoms with E-state index < -0.39 is 0 Å². The van der Waals surface area contributed by atoms with Gasteiger partial charge in [0.2, 0.25) is 11.8 Å². The van der Waals surface area contributed by atoms with Crippen LogP contribution in [0.2, 0.25) is 0 Å². The molecule has 1 fully saturated rings. The van der Waals surface area contributed by atoms with Gasteiger partial charge in [-0.2, -0.15) is 0 Å². The Balaban J connectivity index is 2.06. The lowest BCUT2D eigenvalue weighted by atomic mass is 10.0.